The van der Waals surface area contributed by atoms with Gasteiger partial charge in [0.25, 0.3) is 0 Å². The maximum atomic E-state index is 11.1. The lowest BCUT2D eigenvalue weighted by molar-refractivity contribution is -0.137. The second-order valence-electron chi connectivity index (χ2n) is 6.64. The number of carboxylic acid groups (broad SMARTS) is 1. The molecule has 0 radical (unpaired) electrons. The lowest BCUT2D eigenvalue weighted by Gasteiger charge is -2.11. The molecule has 0 saturated heterocycles. The third kappa shape index (κ3) is 2.70. The molecular weight excluding hydrogens is 362 g/mol. The predicted molar refractivity (Wildman–Crippen MR) is 109 cm³/mol. The van der Waals surface area contributed by atoms with Crippen LogP contribution in [0, 0.1) is 13.8 Å². The first-order chi connectivity index (χ1) is 12.9. The molecule has 0 saturated carbocycles. The number of phenolic OH excluding ortho intramolecular Hbond substituents is 1. The molecule has 2 heterocycles. The number of nitrogens with zero attached hydrogens (tertiary/aromatic N) is 1. The molecule has 0 bridgehead atoms. The van der Waals surface area contributed by atoms with E-state index in [1.807, 2.05) is 25.3 Å². The number of benzene rings is 2. The third-order valence-corrected chi connectivity index (χ3v) is 6.23. The van der Waals surface area contributed by atoms with Crippen LogP contribution in [0.3, 0.4) is 0 Å². The van der Waals surface area contributed by atoms with Crippen LogP contribution in [0.25, 0.3) is 32.6 Å². The van der Waals surface area contributed by atoms with E-state index in [1.165, 1.54) is 11.8 Å². The number of nitrogens with two attached hydrogens (primary N) is 1. The van der Waals surface area contributed by atoms with E-state index in [0.717, 1.165) is 43.7 Å². The van der Waals surface area contributed by atoms with Gasteiger partial charge in [0, 0.05) is 39.8 Å². The van der Waals surface area contributed by atoms with Crippen LogP contribution >= 0.6 is 11.8 Å². The third-order valence-electron chi connectivity index (χ3n) is 5.00. The molecule has 0 amide bonds. The molecule has 0 unspecified atom stereocenters. The van der Waals surface area contributed by atoms with E-state index in [-0.39, 0.29) is 11.5 Å². The van der Waals surface area contributed by atoms with Crippen molar-refractivity contribution >= 4 is 50.3 Å². The van der Waals surface area contributed by atoms with Crippen molar-refractivity contribution in [2.45, 2.75) is 24.8 Å². The molecule has 138 valence electrons. The van der Waals surface area contributed by atoms with Crippen molar-refractivity contribution in [2.24, 2.45) is 5.73 Å². The second kappa shape index (κ2) is 6.44. The molecule has 2 aromatic carbocycles. The highest BCUT2D eigenvalue weighted by Crippen LogP contribution is 2.43. The molecule has 0 fully saturated rings. The van der Waals surface area contributed by atoms with Crippen molar-refractivity contribution in [3.8, 4) is 5.75 Å². The van der Waals surface area contributed by atoms with Gasteiger partial charge in [0.2, 0.25) is 0 Å². The Labute approximate surface area is 159 Å². The summed E-state index contributed by atoms with van der Waals surface area (Å²) in [6.07, 6.45) is 3.63. The first-order valence-electron chi connectivity index (χ1n) is 8.51. The quantitative estimate of drug-likeness (QED) is 0.401. The van der Waals surface area contributed by atoms with E-state index in [2.05, 4.69) is 16.9 Å². The van der Waals surface area contributed by atoms with Crippen LogP contribution in [0.1, 0.15) is 11.1 Å². The number of phenols is 1. The van der Waals surface area contributed by atoms with E-state index in [1.54, 1.807) is 12.3 Å². The highest BCUT2D eigenvalue weighted by Gasteiger charge is 2.20. The number of aromatic hydroxyl groups is 1. The molecular formula is C20H19N3O3S. The number of H-pyrrole nitrogens is 1. The molecule has 4 aromatic rings. The molecule has 4 rings (SSSR count). The number of fused-ring (bicyclic) bond motifs is 4. The van der Waals surface area contributed by atoms with Crippen LogP contribution in [0.15, 0.2) is 35.5 Å². The average Bonchev–Trinajstić information content (AvgIpc) is 3.05. The standard InChI is InChI=1S/C20H19N3O3S/c1-9-12-7-22-6-5-11(12)10(2)18-16(9)17-14(23-18)3-4-15(24)19(17)27-8-13(21)20(25)26/h3-7,13,23-24H,8,21H2,1-2H3,(H,25,26)/t13-/m0/s1. The van der Waals surface area contributed by atoms with Gasteiger partial charge in [0.05, 0.1) is 10.4 Å². The largest absolute Gasteiger partial charge is 0.507 e. The van der Waals surface area contributed by atoms with Gasteiger partial charge in [0.15, 0.2) is 0 Å². The van der Waals surface area contributed by atoms with Crippen LogP contribution in [0.5, 0.6) is 5.75 Å². The first kappa shape index (κ1) is 17.6. The smallest absolute Gasteiger partial charge is 0.321 e. The maximum Gasteiger partial charge on any atom is 0.321 e. The number of aromatic nitrogens is 2. The Morgan fingerprint density at radius 2 is 2.00 bits per heavy atom. The van der Waals surface area contributed by atoms with Crippen LogP contribution in [0.2, 0.25) is 0 Å². The van der Waals surface area contributed by atoms with Crippen LogP contribution in [0.4, 0.5) is 0 Å². The Kier molecular flexibility index (Phi) is 4.20. The minimum Gasteiger partial charge on any atom is -0.507 e. The lowest BCUT2D eigenvalue weighted by atomic mass is 9.97. The number of carbonyl (C=O) groups is 1. The zero-order valence-corrected chi connectivity index (χ0v) is 15.7. The Bertz CT molecular complexity index is 1220. The normalized spacial score (nSPS) is 12.9. The SMILES string of the molecule is Cc1c2ccncc2c(C)c2c1[nH]c1ccc(O)c(SC[C@H](N)C(=O)O)c12. The van der Waals surface area contributed by atoms with Gasteiger partial charge in [-0.3, -0.25) is 9.78 Å². The summed E-state index contributed by atoms with van der Waals surface area (Å²) >= 11 is 1.26. The van der Waals surface area contributed by atoms with E-state index >= 15 is 0 Å². The number of aryl methyl sites for hydroxylation is 2. The molecule has 7 heteroatoms. The van der Waals surface area contributed by atoms with Crippen molar-refractivity contribution in [3.63, 3.8) is 0 Å². The topological polar surface area (TPSA) is 112 Å². The first-order valence-corrected chi connectivity index (χ1v) is 9.50. The van der Waals surface area contributed by atoms with Crippen LogP contribution < -0.4 is 5.73 Å². The molecule has 0 spiro atoms. The van der Waals surface area contributed by atoms with Crippen molar-refractivity contribution in [1.29, 1.82) is 0 Å². The van der Waals surface area contributed by atoms with E-state index in [4.69, 9.17) is 10.8 Å². The number of thioether (sulfide) groups is 1. The molecule has 6 nitrogen and oxygen atoms in total. The Hall–Kier alpha value is -2.77. The lowest BCUT2D eigenvalue weighted by Crippen LogP contribution is -2.32. The number of hydrogen-bond donors (Lipinski definition) is 4. The Balaban J connectivity index is 2.04. The van der Waals surface area contributed by atoms with Crippen LogP contribution in [-0.4, -0.2) is 37.9 Å². The van der Waals surface area contributed by atoms with Crippen molar-refractivity contribution in [2.75, 3.05) is 5.75 Å². The monoisotopic (exact) mass is 381 g/mol. The van der Waals surface area contributed by atoms with Gasteiger partial charge in [-0.25, -0.2) is 0 Å². The molecule has 0 aliphatic heterocycles. The average molecular weight is 381 g/mol. The number of nitrogens with one attached hydrogen (secondary N) is 1. The molecule has 1 atom stereocenters. The zero-order chi connectivity index (χ0) is 19.3. The summed E-state index contributed by atoms with van der Waals surface area (Å²) in [4.78, 5) is 19.4. The maximum absolute atomic E-state index is 11.1. The van der Waals surface area contributed by atoms with Crippen molar-refractivity contribution in [1.82, 2.24) is 9.97 Å². The summed E-state index contributed by atoms with van der Waals surface area (Å²) in [6.45, 7) is 4.10. The van der Waals surface area contributed by atoms with Gasteiger partial charge < -0.3 is 20.9 Å². The molecule has 0 aliphatic carbocycles. The van der Waals surface area contributed by atoms with E-state index in [0.29, 0.717) is 4.90 Å². The summed E-state index contributed by atoms with van der Waals surface area (Å²) in [5.41, 5.74) is 9.74. The van der Waals surface area contributed by atoms with Gasteiger partial charge in [0.1, 0.15) is 11.8 Å². The highest BCUT2D eigenvalue weighted by atomic mass is 32.2. The Morgan fingerprint density at radius 1 is 1.22 bits per heavy atom. The zero-order valence-electron chi connectivity index (χ0n) is 14.9. The highest BCUT2D eigenvalue weighted by molar-refractivity contribution is 7.99. The molecule has 27 heavy (non-hydrogen) atoms. The number of pyridine rings is 1. The van der Waals surface area contributed by atoms with Gasteiger partial charge in [-0.1, -0.05) is 0 Å². The predicted octanol–water partition coefficient (Wildman–Crippen LogP) is 3.70. The summed E-state index contributed by atoms with van der Waals surface area (Å²) < 4.78 is 0. The van der Waals surface area contributed by atoms with Crippen molar-refractivity contribution < 1.29 is 15.0 Å². The molecule has 2 aromatic heterocycles. The van der Waals surface area contributed by atoms with E-state index in [9.17, 15) is 9.90 Å². The Morgan fingerprint density at radius 3 is 2.74 bits per heavy atom. The van der Waals surface area contributed by atoms with Gasteiger partial charge in [-0.05, 0) is 48.6 Å². The minimum atomic E-state index is -1.06. The molecule has 0 aliphatic rings. The van der Waals surface area contributed by atoms with E-state index < -0.39 is 12.0 Å². The van der Waals surface area contributed by atoms with Crippen LogP contribution in [-0.2, 0) is 4.79 Å². The number of aliphatic carboxylic acids is 1. The number of rotatable bonds is 4. The van der Waals surface area contributed by atoms with Gasteiger partial charge >= 0.3 is 5.97 Å². The fourth-order valence-electron chi connectivity index (χ4n) is 3.58. The van der Waals surface area contributed by atoms with Gasteiger partial charge in [-0.2, -0.15) is 0 Å². The summed E-state index contributed by atoms with van der Waals surface area (Å²) in [7, 11) is 0. The fourth-order valence-corrected chi connectivity index (χ4v) is 4.64. The number of aromatic amines is 1. The number of carboxylic acids is 1. The summed E-state index contributed by atoms with van der Waals surface area (Å²) in [5, 5.41) is 23.6. The van der Waals surface area contributed by atoms with Crippen molar-refractivity contribution in [3.05, 3.63) is 41.7 Å². The molecule has 5 N–H and O–H groups in total. The fraction of sp³-hybridized carbons (Fsp3) is 0.200. The summed E-state index contributed by atoms with van der Waals surface area (Å²) in [6, 6.07) is 4.47. The van der Waals surface area contributed by atoms with Gasteiger partial charge in [-0.15, -0.1) is 11.8 Å². The minimum absolute atomic E-state index is 0.120. The number of hydrogen-bond acceptors (Lipinski definition) is 5. The summed E-state index contributed by atoms with van der Waals surface area (Å²) in [5.74, 6) is -0.770. The second-order valence-corrected chi connectivity index (χ2v) is 7.67.